The lowest BCUT2D eigenvalue weighted by atomic mass is 9.62. The Morgan fingerprint density at radius 3 is 2.50 bits per heavy atom. The third-order valence-electron chi connectivity index (χ3n) is 4.66. The molecule has 1 heterocycles. The summed E-state index contributed by atoms with van der Waals surface area (Å²) >= 11 is 5.13. The predicted octanol–water partition coefficient (Wildman–Crippen LogP) is 1.68. The van der Waals surface area contributed by atoms with Crippen LogP contribution in [0.4, 0.5) is 0 Å². The summed E-state index contributed by atoms with van der Waals surface area (Å²) in [4.78, 5) is 15.3. The fraction of sp³-hybridized carbons (Fsp3) is 0.867. The first kappa shape index (κ1) is 15.7. The van der Waals surface area contributed by atoms with E-state index in [0.29, 0.717) is 10.9 Å². The molecule has 20 heavy (non-hydrogen) atoms. The molecular weight excluding hydrogens is 270 g/mol. The largest absolute Gasteiger partial charge is 0.392 e. The predicted molar refractivity (Wildman–Crippen MR) is 85.5 cm³/mol. The smallest absolute Gasteiger partial charge is 0.233 e. The zero-order valence-corrected chi connectivity index (χ0v) is 13.5. The number of piperidine rings is 1. The van der Waals surface area contributed by atoms with Gasteiger partial charge in [-0.15, -0.1) is 0 Å². The lowest BCUT2D eigenvalue weighted by Gasteiger charge is -2.44. The minimum absolute atomic E-state index is 0.0348. The fourth-order valence-corrected chi connectivity index (χ4v) is 3.82. The van der Waals surface area contributed by atoms with E-state index in [-0.39, 0.29) is 11.9 Å². The van der Waals surface area contributed by atoms with Gasteiger partial charge in [0.2, 0.25) is 5.91 Å². The van der Waals surface area contributed by atoms with Gasteiger partial charge in [0.15, 0.2) is 0 Å². The van der Waals surface area contributed by atoms with Gasteiger partial charge in [-0.25, -0.2) is 0 Å². The molecule has 1 unspecified atom stereocenters. The fourth-order valence-electron chi connectivity index (χ4n) is 3.57. The van der Waals surface area contributed by atoms with E-state index in [0.717, 1.165) is 32.5 Å². The van der Waals surface area contributed by atoms with Crippen LogP contribution in [0.25, 0.3) is 0 Å². The third-order valence-corrected chi connectivity index (χ3v) is 5.05. The van der Waals surface area contributed by atoms with Crippen molar-refractivity contribution < 1.29 is 4.79 Å². The molecule has 5 heteroatoms. The van der Waals surface area contributed by atoms with E-state index in [9.17, 15) is 4.79 Å². The lowest BCUT2D eigenvalue weighted by Crippen LogP contribution is -2.58. The van der Waals surface area contributed by atoms with Gasteiger partial charge in [0.1, 0.15) is 0 Å². The van der Waals surface area contributed by atoms with Gasteiger partial charge in [-0.2, -0.15) is 0 Å². The molecule has 0 bridgehead atoms. The zero-order valence-electron chi connectivity index (χ0n) is 12.7. The average molecular weight is 297 g/mol. The van der Waals surface area contributed by atoms with Crippen LogP contribution in [0, 0.1) is 11.3 Å². The molecule has 1 saturated carbocycles. The maximum atomic E-state index is 12.5. The maximum absolute atomic E-state index is 12.5. The van der Waals surface area contributed by atoms with Gasteiger partial charge in [0.25, 0.3) is 0 Å². The Morgan fingerprint density at radius 2 is 2.00 bits per heavy atom. The van der Waals surface area contributed by atoms with Crippen LogP contribution in [-0.2, 0) is 4.79 Å². The second kappa shape index (κ2) is 6.39. The summed E-state index contributed by atoms with van der Waals surface area (Å²) in [6.45, 7) is 7.44. The van der Waals surface area contributed by atoms with Crippen LogP contribution in [0.3, 0.4) is 0 Å². The van der Waals surface area contributed by atoms with E-state index in [1.807, 2.05) is 0 Å². The average Bonchev–Trinajstić information content (AvgIpc) is 2.35. The van der Waals surface area contributed by atoms with Gasteiger partial charge in [0, 0.05) is 12.6 Å². The standard InChI is InChI=1S/C15H27N3OS/c1-11-8-15(9-11,13(16)20)14(19)17-12(2)10-18-6-4-3-5-7-18/h11-12H,3-10H2,1-2H3,(H2,16,20)(H,17,19). The van der Waals surface area contributed by atoms with Crippen LogP contribution in [0.2, 0.25) is 0 Å². The molecule has 114 valence electrons. The molecule has 2 rings (SSSR count). The zero-order chi connectivity index (χ0) is 14.8. The molecule has 0 radical (unpaired) electrons. The first-order chi connectivity index (χ1) is 9.44. The molecule has 0 aromatic carbocycles. The first-order valence-electron chi connectivity index (χ1n) is 7.77. The number of thiocarbonyl (C=S) groups is 1. The van der Waals surface area contributed by atoms with Crippen molar-refractivity contribution in [2.75, 3.05) is 19.6 Å². The number of carbonyl (C=O) groups is 1. The number of hydrogen-bond donors (Lipinski definition) is 2. The van der Waals surface area contributed by atoms with Crippen LogP contribution in [-0.4, -0.2) is 41.5 Å². The second-order valence-corrected chi connectivity index (χ2v) is 7.14. The normalized spacial score (nSPS) is 32.2. The number of nitrogens with two attached hydrogens (primary N) is 1. The number of nitrogens with one attached hydrogen (secondary N) is 1. The van der Waals surface area contributed by atoms with Crippen molar-refractivity contribution in [2.45, 2.75) is 52.0 Å². The van der Waals surface area contributed by atoms with Crippen molar-refractivity contribution in [1.29, 1.82) is 0 Å². The summed E-state index contributed by atoms with van der Waals surface area (Å²) in [6, 6.07) is 0.155. The molecule has 2 aliphatic rings. The molecule has 0 aromatic heterocycles. The SMILES string of the molecule is CC1CC(C(=O)NC(C)CN2CCCCC2)(C(N)=S)C1. The summed E-state index contributed by atoms with van der Waals surface area (Å²) in [5.41, 5.74) is 5.24. The number of amides is 1. The summed E-state index contributed by atoms with van der Waals surface area (Å²) in [6.07, 6.45) is 5.47. The number of rotatable bonds is 5. The van der Waals surface area contributed by atoms with Gasteiger partial charge in [0.05, 0.1) is 10.4 Å². The number of hydrogen-bond acceptors (Lipinski definition) is 3. The quantitative estimate of drug-likeness (QED) is 0.758. The van der Waals surface area contributed by atoms with Crippen LogP contribution < -0.4 is 11.1 Å². The Labute approximate surface area is 127 Å². The molecule has 1 saturated heterocycles. The summed E-state index contributed by atoms with van der Waals surface area (Å²) < 4.78 is 0. The summed E-state index contributed by atoms with van der Waals surface area (Å²) in [5, 5.41) is 3.12. The van der Waals surface area contributed by atoms with E-state index in [4.69, 9.17) is 18.0 Å². The Kier molecular flexibility index (Phi) is 5.02. The molecule has 2 fully saturated rings. The molecule has 0 spiro atoms. The molecular formula is C15H27N3OS. The minimum Gasteiger partial charge on any atom is -0.392 e. The van der Waals surface area contributed by atoms with Crippen molar-refractivity contribution in [1.82, 2.24) is 10.2 Å². The highest BCUT2D eigenvalue weighted by Crippen LogP contribution is 2.46. The first-order valence-corrected chi connectivity index (χ1v) is 8.18. The Morgan fingerprint density at radius 1 is 1.40 bits per heavy atom. The summed E-state index contributed by atoms with van der Waals surface area (Å²) in [5.74, 6) is 0.576. The molecule has 3 N–H and O–H groups in total. The third kappa shape index (κ3) is 3.31. The molecule has 1 amide bonds. The molecule has 1 aliphatic carbocycles. The minimum atomic E-state index is -0.578. The highest BCUT2D eigenvalue weighted by atomic mass is 32.1. The summed E-state index contributed by atoms with van der Waals surface area (Å²) in [7, 11) is 0. The molecule has 4 nitrogen and oxygen atoms in total. The van der Waals surface area contributed by atoms with Crippen LogP contribution in [0.1, 0.15) is 46.0 Å². The second-order valence-electron chi connectivity index (χ2n) is 6.70. The van der Waals surface area contributed by atoms with E-state index in [1.165, 1.54) is 19.3 Å². The molecule has 1 atom stereocenters. The van der Waals surface area contributed by atoms with E-state index < -0.39 is 5.41 Å². The Hall–Kier alpha value is -0.680. The van der Waals surface area contributed by atoms with E-state index in [2.05, 4.69) is 24.1 Å². The molecule has 1 aliphatic heterocycles. The van der Waals surface area contributed by atoms with Crippen molar-refractivity contribution in [3.8, 4) is 0 Å². The van der Waals surface area contributed by atoms with Gasteiger partial charge in [-0.3, -0.25) is 4.79 Å². The Bertz CT molecular complexity index is 373. The van der Waals surface area contributed by atoms with Gasteiger partial charge in [-0.05, 0) is 51.6 Å². The van der Waals surface area contributed by atoms with E-state index in [1.54, 1.807) is 0 Å². The highest BCUT2D eigenvalue weighted by molar-refractivity contribution is 7.80. The molecule has 0 aromatic rings. The monoisotopic (exact) mass is 297 g/mol. The number of nitrogens with zero attached hydrogens (tertiary/aromatic N) is 1. The van der Waals surface area contributed by atoms with Crippen LogP contribution in [0.5, 0.6) is 0 Å². The Balaban J connectivity index is 1.85. The lowest BCUT2D eigenvalue weighted by molar-refractivity contribution is -0.133. The topological polar surface area (TPSA) is 58.4 Å². The van der Waals surface area contributed by atoms with E-state index >= 15 is 0 Å². The van der Waals surface area contributed by atoms with Crippen molar-refractivity contribution in [2.24, 2.45) is 17.1 Å². The van der Waals surface area contributed by atoms with Crippen molar-refractivity contribution >= 4 is 23.1 Å². The van der Waals surface area contributed by atoms with Gasteiger partial charge in [-0.1, -0.05) is 25.6 Å². The van der Waals surface area contributed by atoms with Crippen molar-refractivity contribution in [3.63, 3.8) is 0 Å². The highest BCUT2D eigenvalue weighted by Gasteiger charge is 2.51. The van der Waals surface area contributed by atoms with Crippen molar-refractivity contribution in [3.05, 3.63) is 0 Å². The van der Waals surface area contributed by atoms with Gasteiger partial charge < -0.3 is 16.0 Å². The van der Waals surface area contributed by atoms with Gasteiger partial charge >= 0.3 is 0 Å². The van der Waals surface area contributed by atoms with Crippen LogP contribution >= 0.6 is 12.2 Å². The number of likely N-dealkylation sites (tertiary alicyclic amines) is 1. The number of carbonyl (C=O) groups excluding carboxylic acids is 1. The maximum Gasteiger partial charge on any atom is 0.233 e. The van der Waals surface area contributed by atoms with Crippen LogP contribution in [0.15, 0.2) is 0 Å².